The average molecular weight is 286 g/mol. The van der Waals surface area contributed by atoms with Gasteiger partial charge < -0.3 is 15.2 Å². The van der Waals surface area contributed by atoms with Crippen LogP contribution in [-0.4, -0.2) is 7.11 Å². The third kappa shape index (κ3) is 3.12. The van der Waals surface area contributed by atoms with Crippen LogP contribution in [0.1, 0.15) is 24.1 Å². The molecule has 0 heterocycles. The standard InChI is InChI=1S/C16H15FN2O2/c1-10(19)16-14(20-2)4-3-5-15(16)21-12-7-6-11(9-18)13(17)8-12/h3-8,10H,19H2,1-2H3/t10-/m0/s1. The van der Waals surface area contributed by atoms with Crippen molar-refractivity contribution in [1.82, 2.24) is 0 Å². The molecule has 0 amide bonds. The molecule has 2 aromatic carbocycles. The zero-order valence-electron chi connectivity index (χ0n) is 11.8. The lowest BCUT2D eigenvalue weighted by molar-refractivity contribution is 0.397. The van der Waals surface area contributed by atoms with E-state index in [1.165, 1.54) is 18.2 Å². The highest BCUT2D eigenvalue weighted by Gasteiger charge is 2.15. The summed E-state index contributed by atoms with van der Waals surface area (Å²) in [7, 11) is 1.55. The molecule has 0 bridgehead atoms. The number of nitrogens with two attached hydrogens (primary N) is 1. The maximum Gasteiger partial charge on any atom is 0.144 e. The first-order chi connectivity index (χ1) is 10.1. The van der Waals surface area contributed by atoms with Crippen LogP contribution in [0.2, 0.25) is 0 Å². The smallest absolute Gasteiger partial charge is 0.144 e. The fourth-order valence-corrected chi connectivity index (χ4v) is 2.02. The van der Waals surface area contributed by atoms with E-state index in [1.54, 1.807) is 31.4 Å². The van der Waals surface area contributed by atoms with Gasteiger partial charge in [0, 0.05) is 12.1 Å². The van der Waals surface area contributed by atoms with Crippen molar-refractivity contribution in [2.45, 2.75) is 13.0 Å². The molecule has 1 atom stereocenters. The second-order valence-corrected chi connectivity index (χ2v) is 4.52. The van der Waals surface area contributed by atoms with Crippen LogP contribution in [0.4, 0.5) is 4.39 Å². The summed E-state index contributed by atoms with van der Waals surface area (Å²) in [5, 5.41) is 8.72. The molecule has 0 unspecified atom stereocenters. The summed E-state index contributed by atoms with van der Waals surface area (Å²) >= 11 is 0. The lowest BCUT2D eigenvalue weighted by Gasteiger charge is -2.17. The minimum Gasteiger partial charge on any atom is -0.496 e. The van der Waals surface area contributed by atoms with Crippen molar-refractivity contribution >= 4 is 0 Å². The quantitative estimate of drug-likeness (QED) is 0.933. The van der Waals surface area contributed by atoms with E-state index in [0.29, 0.717) is 22.8 Å². The van der Waals surface area contributed by atoms with Crippen molar-refractivity contribution in [3.8, 4) is 23.3 Å². The molecule has 2 N–H and O–H groups in total. The van der Waals surface area contributed by atoms with Gasteiger partial charge in [0.2, 0.25) is 0 Å². The number of halogens is 1. The molecule has 0 fully saturated rings. The highest BCUT2D eigenvalue weighted by Crippen LogP contribution is 2.35. The van der Waals surface area contributed by atoms with E-state index in [9.17, 15) is 4.39 Å². The molecule has 4 nitrogen and oxygen atoms in total. The SMILES string of the molecule is COc1cccc(Oc2ccc(C#N)c(F)c2)c1[C@H](C)N. The molecule has 5 heteroatoms. The molecular formula is C16H15FN2O2. The number of nitrogens with zero attached hydrogens (tertiary/aromatic N) is 1. The second kappa shape index (κ2) is 6.25. The third-order valence-electron chi connectivity index (χ3n) is 2.99. The van der Waals surface area contributed by atoms with E-state index < -0.39 is 5.82 Å². The molecule has 2 aromatic rings. The van der Waals surface area contributed by atoms with Crippen LogP contribution >= 0.6 is 0 Å². The van der Waals surface area contributed by atoms with E-state index in [2.05, 4.69) is 0 Å². The van der Waals surface area contributed by atoms with Gasteiger partial charge in [-0.1, -0.05) is 6.07 Å². The van der Waals surface area contributed by atoms with Crippen molar-refractivity contribution in [2.24, 2.45) is 5.73 Å². The first kappa shape index (κ1) is 14.8. The van der Waals surface area contributed by atoms with Crippen LogP contribution in [0.25, 0.3) is 0 Å². The molecule has 0 aromatic heterocycles. The molecular weight excluding hydrogens is 271 g/mol. The maximum atomic E-state index is 13.6. The Balaban J connectivity index is 2.40. The monoisotopic (exact) mass is 286 g/mol. The van der Waals surface area contributed by atoms with Crippen molar-refractivity contribution < 1.29 is 13.9 Å². The molecule has 0 saturated carbocycles. The number of nitriles is 1. The number of methoxy groups -OCH3 is 1. The van der Waals surface area contributed by atoms with Crippen LogP contribution in [0, 0.1) is 17.1 Å². The van der Waals surface area contributed by atoms with E-state index in [1.807, 2.05) is 6.92 Å². The van der Waals surface area contributed by atoms with Gasteiger partial charge in [-0.3, -0.25) is 0 Å². The van der Waals surface area contributed by atoms with Gasteiger partial charge >= 0.3 is 0 Å². The number of hydrogen-bond acceptors (Lipinski definition) is 4. The Bertz CT molecular complexity index is 693. The van der Waals surface area contributed by atoms with E-state index in [4.69, 9.17) is 20.5 Å². The number of hydrogen-bond donors (Lipinski definition) is 1. The van der Waals surface area contributed by atoms with E-state index in [-0.39, 0.29) is 11.6 Å². The van der Waals surface area contributed by atoms with E-state index >= 15 is 0 Å². The molecule has 0 aliphatic carbocycles. The first-order valence-electron chi connectivity index (χ1n) is 6.36. The van der Waals surface area contributed by atoms with Gasteiger partial charge in [-0.2, -0.15) is 5.26 Å². The summed E-state index contributed by atoms with van der Waals surface area (Å²) in [6.07, 6.45) is 0. The van der Waals surface area contributed by atoms with Gasteiger partial charge in [0.25, 0.3) is 0 Å². The van der Waals surface area contributed by atoms with Gasteiger partial charge in [-0.25, -0.2) is 4.39 Å². The lowest BCUT2D eigenvalue weighted by atomic mass is 10.1. The largest absolute Gasteiger partial charge is 0.496 e. The molecule has 108 valence electrons. The minimum atomic E-state index is -0.625. The van der Waals surface area contributed by atoms with E-state index in [0.717, 1.165) is 0 Å². The van der Waals surface area contributed by atoms with Crippen LogP contribution in [0.5, 0.6) is 17.2 Å². The van der Waals surface area contributed by atoms with Crippen molar-refractivity contribution in [3.05, 3.63) is 53.3 Å². The Morgan fingerprint density at radius 1 is 1.24 bits per heavy atom. The van der Waals surface area contributed by atoms with Gasteiger partial charge in [0.05, 0.1) is 18.2 Å². The molecule has 0 aliphatic heterocycles. The van der Waals surface area contributed by atoms with Crippen LogP contribution in [0.15, 0.2) is 36.4 Å². The Morgan fingerprint density at radius 2 is 1.95 bits per heavy atom. The maximum absolute atomic E-state index is 13.6. The van der Waals surface area contributed by atoms with Crippen LogP contribution in [0.3, 0.4) is 0 Å². The van der Waals surface area contributed by atoms with Crippen LogP contribution in [-0.2, 0) is 0 Å². The van der Waals surface area contributed by atoms with Gasteiger partial charge in [-0.15, -0.1) is 0 Å². The predicted molar refractivity (Wildman–Crippen MR) is 76.8 cm³/mol. The number of benzene rings is 2. The Kier molecular flexibility index (Phi) is 4.41. The highest BCUT2D eigenvalue weighted by atomic mass is 19.1. The highest BCUT2D eigenvalue weighted by molar-refractivity contribution is 5.49. The van der Waals surface area contributed by atoms with Crippen molar-refractivity contribution in [2.75, 3.05) is 7.11 Å². The second-order valence-electron chi connectivity index (χ2n) is 4.52. The minimum absolute atomic E-state index is 0.0274. The summed E-state index contributed by atoms with van der Waals surface area (Å²) < 4.78 is 24.6. The lowest BCUT2D eigenvalue weighted by Crippen LogP contribution is -2.08. The summed E-state index contributed by atoms with van der Waals surface area (Å²) in [6, 6.07) is 10.8. The summed E-state index contributed by atoms with van der Waals surface area (Å²) in [5.41, 5.74) is 6.61. The Labute approximate surface area is 122 Å². The number of rotatable bonds is 4. The van der Waals surface area contributed by atoms with Gasteiger partial charge in [0.1, 0.15) is 29.1 Å². The Morgan fingerprint density at radius 3 is 2.52 bits per heavy atom. The molecule has 0 aliphatic rings. The summed E-state index contributed by atoms with van der Waals surface area (Å²) in [5.74, 6) is 0.770. The number of ether oxygens (including phenoxy) is 2. The molecule has 0 saturated heterocycles. The zero-order chi connectivity index (χ0) is 15.4. The summed E-state index contributed by atoms with van der Waals surface area (Å²) in [4.78, 5) is 0. The van der Waals surface area contributed by atoms with Gasteiger partial charge in [0.15, 0.2) is 0 Å². The molecule has 0 spiro atoms. The topological polar surface area (TPSA) is 68.3 Å². The third-order valence-corrected chi connectivity index (χ3v) is 2.99. The molecule has 2 rings (SSSR count). The first-order valence-corrected chi connectivity index (χ1v) is 6.36. The predicted octanol–water partition coefficient (Wildman–Crippen LogP) is 3.52. The zero-order valence-corrected chi connectivity index (χ0v) is 11.8. The van der Waals surface area contributed by atoms with Crippen LogP contribution < -0.4 is 15.2 Å². The fourth-order valence-electron chi connectivity index (χ4n) is 2.02. The normalized spacial score (nSPS) is 11.6. The van der Waals surface area contributed by atoms with Crippen molar-refractivity contribution in [1.29, 1.82) is 5.26 Å². The summed E-state index contributed by atoms with van der Waals surface area (Å²) in [6.45, 7) is 1.81. The Hall–Kier alpha value is -2.58. The molecule has 21 heavy (non-hydrogen) atoms. The average Bonchev–Trinajstić information content (AvgIpc) is 2.46. The fraction of sp³-hybridized carbons (Fsp3) is 0.188. The molecule has 0 radical (unpaired) electrons. The van der Waals surface area contributed by atoms with Gasteiger partial charge in [-0.05, 0) is 31.2 Å². The van der Waals surface area contributed by atoms with Crippen molar-refractivity contribution in [3.63, 3.8) is 0 Å².